The minimum atomic E-state index is -2.07. The molecule has 2 amide bonds. The smallest absolute Gasteiger partial charge is 0.303 e. The van der Waals surface area contributed by atoms with Crippen molar-refractivity contribution in [3.63, 3.8) is 0 Å². The second-order valence-electron chi connectivity index (χ2n) is 18.1. The highest BCUT2D eigenvalue weighted by atomic mass is 32.2. The van der Waals surface area contributed by atoms with Crippen LogP contribution < -0.4 is 10.6 Å². The molecule has 2 N–H and O–H groups in total. The van der Waals surface area contributed by atoms with Gasteiger partial charge in [-0.3, -0.25) is 62.3 Å². The number of hydrogen-bond donors (Lipinski definition) is 2. The van der Waals surface area contributed by atoms with Crippen LogP contribution in [0.1, 0.15) is 95.4 Å². The molecule has 6 unspecified atom stereocenters. The van der Waals surface area contributed by atoms with Crippen molar-refractivity contribution in [2.45, 2.75) is 188 Å². The predicted molar refractivity (Wildman–Crippen MR) is 263 cm³/mol. The SMILES string of the molecule is CC(=O)OCC1O[C@@H](OCCCC(=O)NCCCNC(=O)CSC(C)=O)C(OC(C)=O)[C@@H](OC(C)=O)[C@@H]1O[C@@H]1OC(COC(C)=O)[C@H](O[C@H]2OC(COC(C)=O)[C@H](OC(C)=O)[C@H](OC(C)=O)C2OC(C)=O)[C@H](OC(C)=O)C1OC(C)=O. The van der Waals surface area contributed by atoms with Gasteiger partial charge in [-0.15, -0.1) is 0 Å². The second-order valence-corrected chi connectivity index (χ2v) is 19.2. The molecule has 3 saturated heterocycles. The van der Waals surface area contributed by atoms with E-state index in [0.29, 0.717) is 6.42 Å². The van der Waals surface area contributed by atoms with Crippen LogP contribution in [0.15, 0.2) is 0 Å². The lowest BCUT2D eigenvalue weighted by Crippen LogP contribution is -2.69. The lowest BCUT2D eigenvalue weighted by atomic mass is 9.95. The van der Waals surface area contributed by atoms with Crippen molar-refractivity contribution in [1.82, 2.24) is 10.6 Å². The molecule has 0 bridgehead atoms. The Morgan fingerprint density at radius 3 is 1.06 bits per heavy atom. The number of ether oxygens (including phenoxy) is 16. The third-order valence-corrected chi connectivity index (χ3v) is 11.9. The summed E-state index contributed by atoms with van der Waals surface area (Å²) in [5.41, 5.74) is 0. The van der Waals surface area contributed by atoms with Crippen LogP contribution >= 0.6 is 11.8 Å². The van der Waals surface area contributed by atoms with E-state index in [1.54, 1.807) is 0 Å². The monoisotopic (exact) mass is 1180 g/mol. The standard InChI is InChI=1S/C49H70N2O29S/c1-22(52)66-18-33-38(69-25(4)55)41(70-26(5)56)45(74-30(9)60)48(77-33)80-40-35(20-68-24(3)54)78-49(46(75-31(10)61)43(40)72-28(7)58)79-39-34(19-67-23(2)53)76-47(44(73-29(8)59)42(39)71-27(6)57)65-17-12-14-36(63)50-15-13-16-51-37(64)21-81-32(11)62/h33-35,38-49H,12-21H2,1-11H3,(H,50,63)(H,51,64)/t33?,34?,35?,38-,39+,40-,41-,42-,43-,44?,45?,46?,47+,48+,49-/m0/s1. The Morgan fingerprint density at radius 1 is 0.370 bits per heavy atom. The van der Waals surface area contributed by atoms with Crippen LogP contribution in [-0.4, -0.2) is 214 Å². The second kappa shape index (κ2) is 34.0. The molecule has 0 aromatic heterocycles. The number of thioether (sulfide) groups is 1. The highest BCUT2D eigenvalue weighted by Gasteiger charge is 2.60. The van der Waals surface area contributed by atoms with Crippen LogP contribution in [0.5, 0.6) is 0 Å². The largest absolute Gasteiger partial charge is 0.463 e. The van der Waals surface area contributed by atoms with Crippen molar-refractivity contribution in [3.8, 4) is 0 Å². The van der Waals surface area contributed by atoms with Gasteiger partial charge in [-0.1, -0.05) is 11.8 Å². The van der Waals surface area contributed by atoms with Gasteiger partial charge in [0.2, 0.25) is 11.8 Å². The van der Waals surface area contributed by atoms with Gasteiger partial charge in [0.15, 0.2) is 66.7 Å². The molecule has 0 radical (unpaired) electrons. The molecule has 3 fully saturated rings. The first-order valence-electron chi connectivity index (χ1n) is 25.2. The molecule has 3 aliphatic heterocycles. The lowest BCUT2D eigenvalue weighted by molar-refractivity contribution is -0.380. The Labute approximate surface area is 468 Å². The maximum Gasteiger partial charge on any atom is 0.303 e. The van der Waals surface area contributed by atoms with Crippen molar-refractivity contribution in [2.24, 2.45) is 0 Å². The van der Waals surface area contributed by atoms with Crippen molar-refractivity contribution < 1.29 is 138 Å². The van der Waals surface area contributed by atoms with Crippen LogP contribution in [0.25, 0.3) is 0 Å². The molecule has 31 nitrogen and oxygen atoms in total. The van der Waals surface area contributed by atoms with Crippen molar-refractivity contribution in [1.29, 1.82) is 0 Å². The Hall–Kier alpha value is -6.58. The zero-order valence-electron chi connectivity index (χ0n) is 46.5. The van der Waals surface area contributed by atoms with Gasteiger partial charge in [-0.05, 0) is 12.8 Å². The number of carbonyl (C=O) groups is 13. The van der Waals surface area contributed by atoms with Crippen LogP contribution in [0, 0.1) is 0 Å². The fraction of sp³-hybridized carbons (Fsp3) is 0.735. The van der Waals surface area contributed by atoms with Crippen molar-refractivity contribution in [2.75, 3.05) is 45.3 Å². The first kappa shape index (κ1) is 68.7. The third-order valence-electron chi connectivity index (χ3n) is 11.1. The predicted octanol–water partition coefficient (Wildman–Crippen LogP) is -1.16. The molecule has 81 heavy (non-hydrogen) atoms. The lowest BCUT2D eigenvalue weighted by Gasteiger charge is -2.50. The minimum absolute atomic E-state index is 0.0340. The average molecular weight is 1180 g/mol. The number of amides is 2. The van der Waals surface area contributed by atoms with E-state index in [4.69, 9.17) is 75.8 Å². The van der Waals surface area contributed by atoms with Crippen LogP contribution in [0.3, 0.4) is 0 Å². The molecule has 3 rings (SSSR count). The maximum absolute atomic E-state index is 13.1. The maximum atomic E-state index is 13.1. The van der Waals surface area contributed by atoms with E-state index in [1.807, 2.05) is 0 Å². The molecule has 0 spiro atoms. The normalized spacial score (nSPS) is 27.8. The average Bonchev–Trinajstić information content (AvgIpc) is 3.47. The summed E-state index contributed by atoms with van der Waals surface area (Å²) in [5, 5.41) is 5.11. The first-order chi connectivity index (χ1) is 38.1. The summed E-state index contributed by atoms with van der Waals surface area (Å²) in [6.45, 7) is 9.10. The topological polar surface area (TPSA) is 394 Å². The molecular formula is C49H70N2O29S. The van der Waals surface area contributed by atoms with Gasteiger partial charge >= 0.3 is 59.7 Å². The van der Waals surface area contributed by atoms with Gasteiger partial charge in [0, 0.05) is 95.7 Å². The Balaban J connectivity index is 2.11. The fourth-order valence-corrected chi connectivity index (χ4v) is 8.61. The number of rotatable bonds is 28. The summed E-state index contributed by atoms with van der Waals surface area (Å²) >= 11 is 0.857. The molecule has 32 heteroatoms. The van der Waals surface area contributed by atoms with Gasteiger partial charge in [-0.25, -0.2) is 0 Å². The van der Waals surface area contributed by atoms with E-state index >= 15 is 0 Å². The van der Waals surface area contributed by atoms with E-state index in [-0.39, 0.29) is 49.3 Å². The fourth-order valence-electron chi connectivity index (χ4n) is 8.17. The highest BCUT2D eigenvalue weighted by Crippen LogP contribution is 2.38. The summed E-state index contributed by atoms with van der Waals surface area (Å²) in [4.78, 5) is 162. The molecule has 3 aliphatic rings. The zero-order valence-corrected chi connectivity index (χ0v) is 47.3. The third kappa shape index (κ3) is 24.2. The summed E-state index contributed by atoms with van der Waals surface area (Å²) < 4.78 is 92.7. The van der Waals surface area contributed by atoms with Gasteiger partial charge in [0.1, 0.15) is 50.3 Å². The molecule has 15 atom stereocenters. The molecule has 0 aliphatic carbocycles. The molecule has 0 aromatic carbocycles. The number of carbonyl (C=O) groups excluding carboxylic acids is 13. The summed E-state index contributed by atoms with van der Waals surface area (Å²) in [7, 11) is 0. The minimum Gasteiger partial charge on any atom is -0.463 e. The zero-order chi connectivity index (χ0) is 60.7. The summed E-state index contributed by atoms with van der Waals surface area (Å²) in [6, 6.07) is 0. The van der Waals surface area contributed by atoms with Crippen LogP contribution in [0.2, 0.25) is 0 Å². The van der Waals surface area contributed by atoms with E-state index in [0.717, 1.165) is 81.0 Å². The Bertz CT molecular complexity index is 2250. The quantitative estimate of drug-likeness (QED) is 0.0530. The van der Waals surface area contributed by atoms with Gasteiger partial charge in [0.05, 0.1) is 12.4 Å². The Kier molecular flexibility index (Phi) is 28.8. The van der Waals surface area contributed by atoms with Gasteiger partial charge < -0.3 is 86.4 Å². The molecule has 456 valence electrons. The van der Waals surface area contributed by atoms with Crippen LogP contribution in [-0.2, 0) is 138 Å². The summed E-state index contributed by atoms with van der Waals surface area (Å²) in [5.74, 6) is -10.5. The van der Waals surface area contributed by atoms with Crippen molar-refractivity contribution in [3.05, 3.63) is 0 Å². The number of hydrogen-bond acceptors (Lipinski definition) is 30. The molecule has 0 aromatic rings. The van der Waals surface area contributed by atoms with Gasteiger partial charge in [0.25, 0.3) is 0 Å². The molecule has 0 saturated carbocycles. The van der Waals surface area contributed by atoms with E-state index in [1.165, 1.54) is 6.92 Å². The van der Waals surface area contributed by atoms with E-state index in [2.05, 4.69) is 10.6 Å². The highest BCUT2D eigenvalue weighted by molar-refractivity contribution is 8.14. The molecular weight excluding hydrogens is 1110 g/mol. The van der Waals surface area contributed by atoms with E-state index in [9.17, 15) is 62.3 Å². The Morgan fingerprint density at radius 2 is 0.691 bits per heavy atom. The van der Waals surface area contributed by atoms with Gasteiger partial charge in [-0.2, -0.15) is 0 Å². The van der Waals surface area contributed by atoms with E-state index < -0.39 is 178 Å². The number of nitrogens with one attached hydrogen (secondary N) is 2. The summed E-state index contributed by atoms with van der Waals surface area (Å²) in [6.07, 6.45) is -26.9. The number of esters is 10. The molecule has 3 heterocycles. The van der Waals surface area contributed by atoms with Crippen molar-refractivity contribution >= 4 is 88.4 Å². The van der Waals surface area contributed by atoms with Crippen LogP contribution in [0.4, 0.5) is 0 Å². The first-order valence-corrected chi connectivity index (χ1v) is 26.2.